The minimum absolute atomic E-state index is 0.00663. The molecule has 112 valence electrons. The Labute approximate surface area is 115 Å². The summed E-state index contributed by atoms with van der Waals surface area (Å²) in [5.41, 5.74) is 0. The number of carboxylic acids is 1. The molecule has 0 aromatic heterocycles. The van der Waals surface area contributed by atoms with E-state index in [9.17, 15) is 9.59 Å². The Balaban J connectivity index is 3.88. The Morgan fingerprint density at radius 1 is 1.26 bits per heavy atom. The van der Waals surface area contributed by atoms with Crippen LogP contribution in [0.25, 0.3) is 0 Å². The third kappa shape index (κ3) is 9.30. The van der Waals surface area contributed by atoms with Crippen molar-refractivity contribution in [3.8, 4) is 0 Å². The fraction of sp³-hybridized carbons (Fsp3) is 0.846. The number of rotatable bonds is 10. The van der Waals surface area contributed by atoms with Gasteiger partial charge in [0.15, 0.2) is 0 Å². The molecule has 0 aliphatic carbocycles. The van der Waals surface area contributed by atoms with Gasteiger partial charge in [-0.2, -0.15) is 0 Å². The summed E-state index contributed by atoms with van der Waals surface area (Å²) in [7, 11) is 1.67. The smallest absolute Gasteiger partial charge is 0.317 e. The fourth-order valence-electron chi connectivity index (χ4n) is 1.66. The van der Waals surface area contributed by atoms with Gasteiger partial charge in [-0.15, -0.1) is 0 Å². The molecule has 0 saturated carbocycles. The average Bonchev–Trinajstić information content (AvgIpc) is 2.33. The van der Waals surface area contributed by atoms with Gasteiger partial charge in [0, 0.05) is 32.8 Å². The zero-order valence-corrected chi connectivity index (χ0v) is 12.1. The number of amides is 2. The molecule has 2 amide bonds. The lowest BCUT2D eigenvalue weighted by molar-refractivity contribution is -0.137. The maximum absolute atomic E-state index is 11.9. The standard InChI is InChI=1S/C13H26N2O4/c1-11(2)15(9-7-12(16)17)13(18)14-8-5-4-6-10-19-3/h11H,4-10H2,1-3H3,(H,14,18)(H,16,17). The molecule has 0 unspecified atom stereocenters. The highest BCUT2D eigenvalue weighted by Gasteiger charge is 2.17. The Kier molecular flexibility index (Phi) is 9.88. The van der Waals surface area contributed by atoms with E-state index in [1.165, 1.54) is 0 Å². The number of aliphatic carboxylic acids is 1. The van der Waals surface area contributed by atoms with E-state index in [1.807, 2.05) is 13.8 Å². The molecule has 0 aliphatic heterocycles. The van der Waals surface area contributed by atoms with E-state index in [2.05, 4.69) is 5.32 Å². The first-order chi connectivity index (χ1) is 8.99. The summed E-state index contributed by atoms with van der Waals surface area (Å²) in [4.78, 5) is 24.0. The van der Waals surface area contributed by atoms with E-state index in [4.69, 9.17) is 9.84 Å². The molecule has 0 bridgehead atoms. The molecule has 0 aliphatic rings. The van der Waals surface area contributed by atoms with Crippen LogP contribution in [-0.4, -0.2) is 54.9 Å². The number of carbonyl (C=O) groups is 2. The molecular weight excluding hydrogens is 248 g/mol. The van der Waals surface area contributed by atoms with Gasteiger partial charge in [-0.05, 0) is 33.1 Å². The van der Waals surface area contributed by atoms with Gasteiger partial charge >= 0.3 is 12.0 Å². The van der Waals surface area contributed by atoms with Gasteiger partial charge < -0.3 is 20.1 Å². The largest absolute Gasteiger partial charge is 0.481 e. The van der Waals surface area contributed by atoms with Gasteiger partial charge in [-0.1, -0.05) is 0 Å². The maximum atomic E-state index is 11.9. The second-order valence-electron chi connectivity index (χ2n) is 4.72. The third-order valence-electron chi connectivity index (χ3n) is 2.75. The van der Waals surface area contributed by atoms with Crippen LogP contribution in [0.3, 0.4) is 0 Å². The zero-order chi connectivity index (χ0) is 14.7. The molecule has 0 spiro atoms. The summed E-state index contributed by atoms with van der Waals surface area (Å²) in [5, 5.41) is 11.5. The first-order valence-corrected chi connectivity index (χ1v) is 6.74. The van der Waals surface area contributed by atoms with Crippen LogP contribution in [0.15, 0.2) is 0 Å². The van der Waals surface area contributed by atoms with Gasteiger partial charge in [-0.25, -0.2) is 4.79 Å². The highest BCUT2D eigenvalue weighted by atomic mass is 16.5. The number of nitrogens with one attached hydrogen (secondary N) is 1. The summed E-state index contributed by atoms with van der Waals surface area (Å²) in [6.45, 7) is 5.34. The van der Waals surface area contributed by atoms with Gasteiger partial charge in [0.05, 0.1) is 6.42 Å². The van der Waals surface area contributed by atoms with Crippen LogP contribution < -0.4 is 5.32 Å². The van der Waals surface area contributed by atoms with E-state index in [0.717, 1.165) is 25.9 Å². The SMILES string of the molecule is COCCCCCNC(=O)N(CCC(=O)O)C(C)C. The molecule has 0 aromatic rings. The molecule has 0 radical (unpaired) electrons. The number of hydrogen-bond donors (Lipinski definition) is 2. The van der Waals surface area contributed by atoms with Crippen LogP contribution in [0.4, 0.5) is 4.79 Å². The molecule has 6 heteroatoms. The third-order valence-corrected chi connectivity index (χ3v) is 2.75. The lowest BCUT2D eigenvalue weighted by atomic mass is 10.2. The highest BCUT2D eigenvalue weighted by Crippen LogP contribution is 2.01. The Morgan fingerprint density at radius 3 is 2.47 bits per heavy atom. The van der Waals surface area contributed by atoms with Crippen molar-refractivity contribution in [1.82, 2.24) is 10.2 Å². The number of hydrogen-bond acceptors (Lipinski definition) is 3. The maximum Gasteiger partial charge on any atom is 0.317 e. The minimum atomic E-state index is -0.891. The van der Waals surface area contributed by atoms with Gasteiger partial charge in [0.25, 0.3) is 0 Å². The van der Waals surface area contributed by atoms with Crippen LogP contribution in [0.5, 0.6) is 0 Å². The predicted molar refractivity (Wildman–Crippen MR) is 73.2 cm³/mol. The molecule has 2 N–H and O–H groups in total. The average molecular weight is 274 g/mol. The summed E-state index contributed by atoms with van der Waals surface area (Å²) in [6, 6.07) is -0.198. The quantitative estimate of drug-likeness (QED) is 0.594. The van der Waals surface area contributed by atoms with E-state index in [-0.39, 0.29) is 25.0 Å². The van der Waals surface area contributed by atoms with Crippen molar-refractivity contribution in [3.63, 3.8) is 0 Å². The van der Waals surface area contributed by atoms with Crippen LogP contribution in [-0.2, 0) is 9.53 Å². The summed E-state index contributed by atoms with van der Waals surface area (Å²) >= 11 is 0. The molecule has 0 heterocycles. The predicted octanol–water partition coefficient (Wildman–Crippen LogP) is 1.70. The van der Waals surface area contributed by atoms with Crippen LogP contribution >= 0.6 is 0 Å². The van der Waals surface area contributed by atoms with E-state index in [0.29, 0.717) is 6.54 Å². The molecule has 0 atom stereocenters. The molecular formula is C13H26N2O4. The first kappa shape index (κ1) is 17.7. The molecule has 6 nitrogen and oxygen atoms in total. The van der Waals surface area contributed by atoms with Crippen molar-refractivity contribution in [2.45, 2.75) is 45.6 Å². The second kappa shape index (κ2) is 10.6. The molecule has 0 rings (SSSR count). The Morgan fingerprint density at radius 2 is 1.95 bits per heavy atom. The van der Waals surface area contributed by atoms with Crippen molar-refractivity contribution in [3.05, 3.63) is 0 Å². The number of nitrogens with zero attached hydrogens (tertiary/aromatic N) is 1. The van der Waals surface area contributed by atoms with E-state index < -0.39 is 5.97 Å². The van der Waals surface area contributed by atoms with Crippen molar-refractivity contribution in [2.24, 2.45) is 0 Å². The highest BCUT2D eigenvalue weighted by molar-refractivity contribution is 5.75. The monoisotopic (exact) mass is 274 g/mol. The zero-order valence-electron chi connectivity index (χ0n) is 12.1. The number of ether oxygens (including phenoxy) is 1. The Bertz CT molecular complexity index is 269. The Hall–Kier alpha value is -1.30. The molecule has 19 heavy (non-hydrogen) atoms. The lowest BCUT2D eigenvalue weighted by Gasteiger charge is -2.26. The van der Waals surface area contributed by atoms with Crippen LogP contribution in [0.2, 0.25) is 0 Å². The number of unbranched alkanes of at least 4 members (excludes halogenated alkanes) is 2. The number of carboxylic acid groups (broad SMARTS) is 1. The van der Waals surface area contributed by atoms with E-state index >= 15 is 0 Å². The number of urea groups is 1. The second-order valence-corrected chi connectivity index (χ2v) is 4.72. The summed E-state index contributed by atoms with van der Waals surface area (Å²) in [6.07, 6.45) is 2.86. The molecule has 0 aromatic carbocycles. The van der Waals surface area contributed by atoms with Crippen molar-refractivity contribution in [1.29, 1.82) is 0 Å². The summed E-state index contributed by atoms with van der Waals surface area (Å²) < 4.78 is 4.94. The van der Waals surface area contributed by atoms with E-state index in [1.54, 1.807) is 12.0 Å². The number of carbonyl (C=O) groups excluding carboxylic acids is 1. The van der Waals surface area contributed by atoms with Gasteiger partial charge in [-0.3, -0.25) is 4.79 Å². The first-order valence-electron chi connectivity index (χ1n) is 6.74. The number of methoxy groups -OCH3 is 1. The van der Waals surface area contributed by atoms with Crippen molar-refractivity contribution >= 4 is 12.0 Å². The lowest BCUT2D eigenvalue weighted by Crippen LogP contribution is -2.45. The van der Waals surface area contributed by atoms with Crippen LogP contribution in [0, 0.1) is 0 Å². The van der Waals surface area contributed by atoms with Gasteiger partial charge in [0.2, 0.25) is 0 Å². The topological polar surface area (TPSA) is 78.9 Å². The minimum Gasteiger partial charge on any atom is -0.481 e. The van der Waals surface area contributed by atoms with Crippen molar-refractivity contribution in [2.75, 3.05) is 26.8 Å². The summed E-state index contributed by atoms with van der Waals surface area (Å²) in [5.74, 6) is -0.891. The van der Waals surface area contributed by atoms with Crippen molar-refractivity contribution < 1.29 is 19.4 Å². The molecule has 0 saturated heterocycles. The fourth-order valence-corrected chi connectivity index (χ4v) is 1.66. The van der Waals surface area contributed by atoms with Gasteiger partial charge in [0.1, 0.15) is 0 Å². The van der Waals surface area contributed by atoms with Crippen LogP contribution in [0.1, 0.15) is 39.5 Å². The molecule has 0 fully saturated rings. The normalized spacial score (nSPS) is 10.5.